The van der Waals surface area contributed by atoms with Crippen molar-refractivity contribution >= 4 is 17.5 Å². The van der Waals surface area contributed by atoms with Gasteiger partial charge in [-0.05, 0) is 18.2 Å². The fraction of sp³-hybridized carbons (Fsp3) is 0.125. The number of phenols is 1. The van der Waals surface area contributed by atoms with Gasteiger partial charge in [-0.1, -0.05) is 11.6 Å². The van der Waals surface area contributed by atoms with Crippen molar-refractivity contribution in [2.75, 3.05) is 0 Å². The summed E-state index contributed by atoms with van der Waals surface area (Å²) in [6.45, 7) is 0. The summed E-state index contributed by atoms with van der Waals surface area (Å²) in [5.41, 5.74) is -0.528. The summed E-state index contributed by atoms with van der Waals surface area (Å²) < 4.78 is 35.3. The van der Waals surface area contributed by atoms with E-state index in [1.807, 2.05) is 0 Å². The fourth-order valence-electron chi connectivity index (χ4n) is 0.886. The molecule has 3 nitrogen and oxygen atoms in total. The largest absolute Gasteiger partial charge is 0.507 e. The number of phenolic OH excluding ortho intramolecular Hbond substituents is 1. The van der Waals surface area contributed by atoms with Crippen molar-refractivity contribution in [1.29, 1.82) is 0 Å². The number of nitrogens with one attached hydrogen (secondary N) is 1. The molecule has 0 heterocycles. The zero-order valence-electron chi connectivity index (χ0n) is 7.10. The van der Waals surface area contributed by atoms with Crippen molar-refractivity contribution in [1.82, 2.24) is 5.32 Å². The van der Waals surface area contributed by atoms with Gasteiger partial charge in [-0.25, -0.2) is 0 Å². The second-order valence-corrected chi connectivity index (χ2v) is 3.05. The first-order valence-electron chi connectivity index (χ1n) is 3.67. The third-order valence-corrected chi connectivity index (χ3v) is 1.69. The highest BCUT2D eigenvalue weighted by Crippen LogP contribution is 2.22. The Bertz CT molecular complexity index is 392. The number of aromatic hydroxyl groups is 1. The number of carbonyl (C=O) groups is 1. The maximum Gasteiger partial charge on any atom is 0.484 e. The summed E-state index contributed by atoms with van der Waals surface area (Å²) in [5, 5.41) is 9.92. The van der Waals surface area contributed by atoms with Gasteiger partial charge in [0.2, 0.25) is 0 Å². The van der Waals surface area contributed by atoms with Crippen LogP contribution in [0.3, 0.4) is 0 Å². The van der Waals surface area contributed by atoms with E-state index in [-0.39, 0.29) is 5.02 Å². The van der Waals surface area contributed by atoms with E-state index in [1.165, 1.54) is 6.07 Å². The maximum absolute atomic E-state index is 11.8. The third kappa shape index (κ3) is 3.32. The monoisotopic (exact) mass is 239 g/mol. The highest BCUT2D eigenvalue weighted by atomic mass is 35.5. The topological polar surface area (TPSA) is 49.3 Å². The molecular weight excluding hydrogens is 235 g/mol. The van der Waals surface area contributed by atoms with Gasteiger partial charge in [0.1, 0.15) is 5.75 Å². The second kappa shape index (κ2) is 3.98. The van der Waals surface area contributed by atoms with E-state index in [9.17, 15) is 18.0 Å². The summed E-state index contributed by atoms with van der Waals surface area (Å²) in [7, 11) is 0. The Balaban J connectivity index is 2.96. The molecule has 0 saturated heterocycles. The van der Waals surface area contributed by atoms with Gasteiger partial charge in [0.15, 0.2) is 0 Å². The van der Waals surface area contributed by atoms with E-state index < -0.39 is 23.5 Å². The van der Waals surface area contributed by atoms with Crippen LogP contribution in [0.2, 0.25) is 5.02 Å². The summed E-state index contributed by atoms with van der Waals surface area (Å²) in [4.78, 5) is 11.0. The molecule has 15 heavy (non-hydrogen) atoms. The molecule has 1 aromatic rings. The van der Waals surface area contributed by atoms with E-state index in [0.717, 1.165) is 17.4 Å². The Labute approximate surface area is 87.5 Å². The number of benzene rings is 1. The molecule has 1 amide bonds. The fourth-order valence-corrected chi connectivity index (χ4v) is 1.06. The molecule has 2 N–H and O–H groups in total. The molecule has 0 unspecified atom stereocenters. The first-order chi connectivity index (χ1) is 6.79. The van der Waals surface area contributed by atoms with Gasteiger partial charge in [-0.15, -0.1) is 0 Å². The standard InChI is InChI=1S/C8H5ClF3NO2/c9-4-1-2-6(14)5(3-4)7(15)13-8(10,11)12/h1-3,14H,(H,13,15). The average Bonchev–Trinajstić information content (AvgIpc) is 2.06. The first kappa shape index (κ1) is 11.6. The summed E-state index contributed by atoms with van der Waals surface area (Å²) in [5.74, 6) is -2.02. The molecule has 0 aliphatic heterocycles. The van der Waals surface area contributed by atoms with Crippen LogP contribution < -0.4 is 5.32 Å². The number of amides is 1. The Hall–Kier alpha value is -1.43. The van der Waals surface area contributed by atoms with E-state index in [2.05, 4.69) is 0 Å². The minimum absolute atomic E-state index is 0.0557. The van der Waals surface area contributed by atoms with Crippen molar-refractivity contribution in [2.24, 2.45) is 0 Å². The molecule has 0 bridgehead atoms. The lowest BCUT2D eigenvalue weighted by Gasteiger charge is -2.09. The number of halogens is 4. The summed E-state index contributed by atoms with van der Waals surface area (Å²) >= 11 is 5.46. The number of hydrogen-bond donors (Lipinski definition) is 2. The zero-order valence-corrected chi connectivity index (χ0v) is 7.86. The molecule has 7 heteroatoms. The van der Waals surface area contributed by atoms with Gasteiger partial charge in [0, 0.05) is 5.02 Å². The Kier molecular flexibility index (Phi) is 3.09. The van der Waals surface area contributed by atoms with Crippen LogP contribution >= 0.6 is 11.6 Å². The van der Waals surface area contributed by atoms with E-state index in [0.29, 0.717) is 0 Å². The van der Waals surface area contributed by atoms with E-state index in [4.69, 9.17) is 16.7 Å². The molecule has 0 spiro atoms. The molecule has 0 aliphatic rings. The van der Waals surface area contributed by atoms with Crippen molar-refractivity contribution in [2.45, 2.75) is 6.30 Å². The van der Waals surface area contributed by atoms with Crippen LogP contribution in [0.1, 0.15) is 10.4 Å². The third-order valence-electron chi connectivity index (χ3n) is 1.46. The predicted octanol–water partition coefficient (Wildman–Crippen LogP) is 2.30. The molecular formula is C8H5ClF3NO2. The van der Waals surface area contributed by atoms with Gasteiger partial charge in [-0.3, -0.25) is 10.1 Å². The van der Waals surface area contributed by atoms with Crippen molar-refractivity contribution < 1.29 is 23.1 Å². The summed E-state index contributed by atoms with van der Waals surface area (Å²) in [6.07, 6.45) is -4.84. The van der Waals surface area contributed by atoms with Crippen LogP contribution in [0, 0.1) is 0 Å². The molecule has 0 aliphatic carbocycles. The molecule has 82 valence electrons. The zero-order chi connectivity index (χ0) is 11.6. The van der Waals surface area contributed by atoms with E-state index in [1.54, 1.807) is 0 Å². The number of hydrogen-bond acceptors (Lipinski definition) is 2. The minimum Gasteiger partial charge on any atom is -0.507 e. The van der Waals surface area contributed by atoms with Crippen LogP contribution in [0.5, 0.6) is 5.75 Å². The van der Waals surface area contributed by atoms with Gasteiger partial charge in [-0.2, -0.15) is 13.2 Å². The minimum atomic E-state index is -4.84. The van der Waals surface area contributed by atoms with Gasteiger partial charge < -0.3 is 5.11 Å². The van der Waals surface area contributed by atoms with E-state index >= 15 is 0 Å². The van der Waals surface area contributed by atoms with Crippen molar-refractivity contribution in [3.63, 3.8) is 0 Å². The highest BCUT2D eigenvalue weighted by Gasteiger charge is 2.31. The molecule has 0 aromatic heterocycles. The average molecular weight is 240 g/mol. The number of alkyl halides is 3. The van der Waals surface area contributed by atoms with Gasteiger partial charge >= 0.3 is 6.30 Å². The van der Waals surface area contributed by atoms with Crippen LogP contribution in [-0.4, -0.2) is 17.3 Å². The normalized spacial score (nSPS) is 11.2. The van der Waals surface area contributed by atoms with Crippen LogP contribution in [0.4, 0.5) is 13.2 Å². The highest BCUT2D eigenvalue weighted by molar-refractivity contribution is 6.31. The van der Waals surface area contributed by atoms with Crippen LogP contribution in [-0.2, 0) is 0 Å². The quantitative estimate of drug-likeness (QED) is 0.739. The first-order valence-corrected chi connectivity index (χ1v) is 4.05. The van der Waals surface area contributed by atoms with Gasteiger partial charge in [0.25, 0.3) is 5.91 Å². The Morgan fingerprint density at radius 2 is 2.00 bits per heavy atom. The van der Waals surface area contributed by atoms with Crippen molar-refractivity contribution in [3.8, 4) is 5.75 Å². The molecule has 0 atom stereocenters. The Morgan fingerprint density at radius 1 is 1.40 bits per heavy atom. The predicted molar refractivity (Wildman–Crippen MR) is 46.6 cm³/mol. The second-order valence-electron chi connectivity index (χ2n) is 2.61. The molecule has 0 saturated carbocycles. The van der Waals surface area contributed by atoms with Crippen molar-refractivity contribution in [3.05, 3.63) is 28.8 Å². The maximum atomic E-state index is 11.8. The van der Waals surface area contributed by atoms with Crippen LogP contribution in [0.15, 0.2) is 18.2 Å². The molecule has 1 rings (SSSR count). The molecule has 0 radical (unpaired) electrons. The lowest BCUT2D eigenvalue weighted by Crippen LogP contribution is -2.37. The smallest absolute Gasteiger partial charge is 0.484 e. The van der Waals surface area contributed by atoms with Crippen LogP contribution in [0.25, 0.3) is 0 Å². The molecule has 0 fully saturated rings. The number of rotatable bonds is 1. The molecule has 1 aromatic carbocycles. The number of carbonyl (C=O) groups excluding carboxylic acids is 1. The summed E-state index contributed by atoms with van der Waals surface area (Å²) in [6, 6.07) is 3.23. The lowest BCUT2D eigenvalue weighted by molar-refractivity contribution is -0.146. The Morgan fingerprint density at radius 3 is 2.53 bits per heavy atom. The SMILES string of the molecule is O=C(NC(F)(F)F)c1cc(Cl)ccc1O. The lowest BCUT2D eigenvalue weighted by atomic mass is 10.2. The van der Waals surface area contributed by atoms with Gasteiger partial charge in [0.05, 0.1) is 5.56 Å².